The highest BCUT2D eigenvalue weighted by Gasteiger charge is 2.26. The largest absolute Gasteiger partial charge is 0.358 e. The number of aryl methyl sites for hydroxylation is 2. The molecule has 4 rings (SSSR count). The molecule has 0 aliphatic carbocycles. The first-order valence-corrected chi connectivity index (χ1v) is 9.44. The highest BCUT2D eigenvalue weighted by Crippen LogP contribution is 2.28. The van der Waals surface area contributed by atoms with Crippen LogP contribution in [0.15, 0.2) is 58.1 Å². The summed E-state index contributed by atoms with van der Waals surface area (Å²) in [5, 5.41) is 3.32. The molecule has 2 heterocycles. The molecule has 28 heavy (non-hydrogen) atoms. The number of nitrogens with one attached hydrogen (secondary N) is 2. The summed E-state index contributed by atoms with van der Waals surface area (Å²) in [6, 6.07) is 16.2. The molecule has 0 fully saturated rings. The molecule has 0 radical (unpaired) electrons. The van der Waals surface area contributed by atoms with Crippen LogP contribution in [0.1, 0.15) is 35.2 Å². The Kier molecular flexibility index (Phi) is 4.65. The number of aromatic nitrogens is 2. The van der Waals surface area contributed by atoms with Gasteiger partial charge in [-0.1, -0.05) is 36.4 Å². The Bertz CT molecular complexity index is 1130. The van der Waals surface area contributed by atoms with E-state index >= 15 is 0 Å². The topological polar surface area (TPSA) is 70.1 Å². The fourth-order valence-corrected chi connectivity index (χ4v) is 3.67. The predicted octanol–water partition coefficient (Wildman–Crippen LogP) is 3.09. The van der Waals surface area contributed by atoms with E-state index in [1.165, 1.54) is 5.56 Å². The molecular weight excluding hydrogens is 352 g/mol. The first kappa shape index (κ1) is 18.3. The molecule has 0 saturated carbocycles. The Morgan fingerprint density at radius 1 is 1.00 bits per heavy atom. The SMILES string of the molecule is Cc1ccc(-n2c3c(c(=O)[nH]c2=O)CN([C@H](C)c2ccccc2)CN3)cc1C. The minimum Gasteiger partial charge on any atom is -0.358 e. The lowest BCUT2D eigenvalue weighted by atomic mass is 10.1. The number of rotatable bonds is 3. The van der Waals surface area contributed by atoms with E-state index in [4.69, 9.17) is 0 Å². The van der Waals surface area contributed by atoms with Gasteiger partial charge >= 0.3 is 5.69 Å². The first-order valence-electron chi connectivity index (χ1n) is 9.44. The van der Waals surface area contributed by atoms with Crippen molar-refractivity contribution in [1.29, 1.82) is 0 Å². The zero-order valence-corrected chi connectivity index (χ0v) is 16.3. The Balaban J connectivity index is 1.76. The van der Waals surface area contributed by atoms with Crippen LogP contribution in [0.4, 0.5) is 5.82 Å². The average Bonchev–Trinajstić information content (AvgIpc) is 2.70. The van der Waals surface area contributed by atoms with E-state index in [0.717, 1.165) is 16.8 Å². The van der Waals surface area contributed by atoms with Crippen molar-refractivity contribution in [3.05, 3.63) is 91.6 Å². The zero-order chi connectivity index (χ0) is 19.8. The van der Waals surface area contributed by atoms with E-state index in [0.29, 0.717) is 24.6 Å². The van der Waals surface area contributed by atoms with Crippen LogP contribution >= 0.6 is 0 Å². The number of aromatic amines is 1. The molecule has 6 nitrogen and oxygen atoms in total. The maximum absolute atomic E-state index is 12.6. The van der Waals surface area contributed by atoms with Gasteiger partial charge in [0.2, 0.25) is 0 Å². The van der Waals surface area contributed by atoms with Gasteiger partial charge in [-0.05, 0) is 49.6 Å². The smallest absolute Gasteiger partial charge is 0.334 e. The van der Waals surface area contributed by atoms with Crippen molar-refractivity contribution in [3.8, 4) is 5.69 Å². The maximum atomic E-state index is 12.6. The zero-order valence-electron chi connectivity index (χ0n) is 16.3. The molecule has 2 N–H and O–H groups in total. The van der Waals surface area contributed by atoms with Crippen LogP contribution in [0.5, 0.6) is 0 Å². The average molecular weight is 376 g/mol. The fraction of sp³-hybridized carbons (Fsp3) is 0.273. The van der Waals surface area contributed by atoms with Gasteiger partial charge in [-0.3, -0.25) is 14.7 Å². The summed E-state index contributed by atoms with van der Waals surface area (Å²) in [5.41, 5.74) is 4.00. The monoisotopic (exact) mass is 376 g/mol. The van der Waals surface area contributed by atoms with Crippen molar-refractivity contribution in [3.63, 3.8) is 0 Å². The van der Waals surface area contributed by atoms with Crippen molar-refractivity contribution < 1.29 is 0 Å². The van der Waals surface area contributed by atoms with Crippen LogP contribution in [0, 0.1) is 13.8 Å². The first-order chi connectivity index (χ1) is 13.5. The molecule has 0 saturated heterocycles. The van der Waals surface area contributed by atoms with Crippen molar-refractivity contribution in [1.82, 2.24) is 14.5 Å². The molecule has 3 aromatic rings. The molecule has 1 aliphatic rings. The Hall–Kier alpha value is -3.12. The van der Waals surface area contributed by atoms with E-state index in [1.807, 2.05) is 50.2 Å². The molecule has 144 valence electrons. The van der Waals surface area contributed by atoms with Crippen molar-refractivity contribution in [2.75, 3.05) is 12.0 Å². The molecule has 1 atom stereocenters. The van der Waals surface area contributed by atoms with Gasteiger partial charge in [0, 0.05) is 12.6 Å². The van der Waals surface area contributed by atoms with Crippen molar-refractivity contribution in [2.24, 2.45) is 0 Å². The second-order valence-corrected chi connectivity index (χ2v) is 7.36. The third-order valence-corrected chi connectivity index (χ3v) is 5.60. The standard InChI is InChI=1S/C22H24N4O2/c1-14-9-10-18(11-15(14)2)26-20-19(21(27)24-22(26)28)12-25(13-23-20)16(3)17-7-5-4-6-8-17/h4-11,16,23H,12-13H2,1-3H3,(H,24,27,28)/t16-/m1/s1. The molecule has 0 bridgehead atoms. The third kappa shape index (κ3) is 3.16. The highest BCUT2D eigenvalue weighted by atomic mass is 16.2. The van der Waals surface area contributed by atoms with Gasteiger partial charge in [-0.25, -0.2) is 9.36 Å². The van der Waals surface area contributed by atoms with E-state index in [-0.39, 0.29) is 11.6 Å². The van der Waals surface area contributed by atoms with Crippen LogP contribution < -0.4 is 16.6 Å². The summed E-state index contributed by atoms with van der Waals surface area (Å²) in [7, 11) is 0. The summed E-state index contributed by atoms with van der Waals surface area (Å²) >= 11 is 0. The number of fused-ring (bicyclic) bond motifs is 1. The predicted molar refractivity (Wildman–Crippen MR) is 111 cm³/mol. The van der Waals surface area contributed by atoms with Gasteiger partial charge in [0.25, 0.3) is 5.56 Å². The molecule has 1 aliphatic heterocycles. The van der Waals surface area contributed by atoms with Gasteiger partial charge in [0.05, 0.1) is 17.9 Å². The number of H-pyrrole nitrogens is 1. The lowest BCUT2D eigenvalue weighted by molar-refractivity contribution is 0.207. The number of nitrogens with zero attached hydrogens (tertiary/aromatic N) is 2. The Morgan fingerprint density at radius 2 is 1.75 bits per heavy atom. The van der Waals surface area contributed by atoms with E-state index < -0.39 is 5.69 Å². The summed E-state index contributed by atoms with van der Waals surface area (Å²) in [5.74, 6) is 0.577. The van der Waals surface area contributed by atoms with Crippen LogP contribution in [0.25, 0.3) is 5.69 Å². The molecule has 2 aromatic carbocycles. The van der Waals surface area contributed by atoms with Gasteiger partial charge in [-0.15, -0.1) is 0 Å². The lowest BCUT2D eigenvalue weighted by Crippen LogP contribution is -2.43. The second kappa shape index (κ2) is 7.13. The van der Waals surface area contributed by atoms with Gasteiger partial charge < -0.3 is 5.32 Å². The Labute approximate surface area is 163 Å². The van der Waals surface area contributed by atoms with Crippen LogP contribution in [0.2, 0.25) is 0 Å². The normalized spacial score (nSPS) is 15.0. The molecule has 1 aromatic heterocycles. The van der Waals surface area contributed by atoms with E-state index in [1.54, 1.807) is 4.57 Å². The van der Waals surface area contributed by atoms with Gasteiger partial charge in [-0.2, -0.15) is 0 Å². The van der Waals surface area contributed by atoms with E-state index in [2.05, 4.69) is 34.3 Å². The van der Waals surface area contributed by atoms with E-state index in [9.17, 15) is 9.59 Å². The summed E-state index contributed by atoms with van der Waals surface area (Å²) < 4.78 is 1.56. The van der Waals surface area contributed by atoms with Gasteiger partial charge in [0.1, 0.15) is 5.82 Å². The molecule has 0 amide bonds. The lowest BCUT2D eigenvalue weighted by Gasteiger charge is -2.35. The quantitative estimate of drug-likeness (QED) is 0.737. The minimum atomic E-state index is -0.427. The molecular formula is C22H24N4O2. The highest BCUT2D eigenvalue weighted by molar-refractivity contribution is 5.53. The molecule has 0 unspecified atom stereocenters. The maximum Gasteiger partial charge on any atom is 0.334 e. The van der Waals surface area contributed by atoms with Crippen LogP contribution in [-0.2, 0) is 6.54 Å². The Morgan fingerprint density at radius 3 is 2.46 bits per heavy atom. The summed E-state index contributed by atoms with van der Waals surface area (Å²) in [6.07, 6.45) is 0. The molecule has 0 spiro atoms. The minimum absolute atomic E-state index is 0.142. The number of anilines is 1. The second-order valence-electron chi connectivity index (χ2n) is 7.36. The van der Waals surface area contributed by atoms with Gasteiger partial charge in [0.15, 0.2) is 0 Å². The number of benzene rings is 2. The van der Waals surface area contributed by atoms with Crippen LogP contribution in [0.3, 0.4) is 0 Å². The number of hydrogen-bond donors (Lipinski definition) is 2. The van der Waals surface area contributed by atoms with Crippen molar-refractivity contribution in [2.45, 2.75) is 33.4 Å². The molecule has 6 heteroatoms. The van der Waals surface area contributed by atoms with Crippen LogP contribution in [-0.4, -0.2) is 21.1 Å². The summed E-state index contributed by atoms with van der Waals surface area (Å²) in [6.45, 7) is 7.19. The third-order valence-electron chi connectivity index (χ3n) is 5.60. The van der Waals surface area contributed by atoms with Crippen molar-refractivity contribution >= 4 is 5.82 Å². The fourth-order valence-electron chi connectivity index (χ4n) is 3.67. The summed E-state index contributed by atoms with van der Waals surface area (Å²) in [4.78, 5) is 29.8. The number of hydrogen-bond acceptors (Lipinski definition) is 4.